The van der Waals surface area contributed by atoms with Crippen LogP contribution in [0, 0.1) is 23.7 Å². The van der Waals surface area contributed by atoms with Crippen LogP contribution < -0.4 is 9.80 Å². The molecular weight excluding hydrogens is 699 g/mol. The highest BCUT2D eigenvalue weighted by atomic mass is 35.5. The highest BCUT2D eigenvalue weighted by Gasteiger charge is 2.29. The van der Waals surface area contributed by atoms with Crippen molar-refractivity contribution in [3.63, 3.8) is 0 Å². The van der Waals surface area contributed by atoms with Gasteiger partial charge in [0.2, 0.25) is 11.8 Å². The number of aromatic nitrogens is 2. The summed E-state index contributed by atoms with van der Waals surface area (Å²) in [5, 5.41) is 1.27. The van der Waals surface area contributed by atoms with Crippen molar-refractivity contribution in [3.05, 3.63) is 165 Å². The molecule has 2 aromatic heterocycles. The maximum atomic E-state index is 6.11. The number of oxazole rings is 2. The Morgan fingerprint density at radius 1 is 0.472 bits per heavy atom. The van der Waals surface area contributed by atoms with Gasteiger partial charge in [-0.25, -0.2) is 9.97 Å². The van der Waals surface area contributed by atoms with Crippen molar-refractivity contribution in [3.8, 4) is 46.6 Å². The minimum atomic E-state index is 0.560. The number of hydrogen-bond donors (Lipinski definition) is 0. The Balaban J connectivity index is 0.827. The predicted octanol–water partition coefficient (Wildman–Crippen LogP) is 10.7. The van der Waals surface area contributed by atoms with Crippen LogP contribution in [0.5, 0.6) is 0 Å². The van der Waals surface area contributed by atoms with Gasteiger partial charge in [-0.1, -0.05) is 46.9 Å². The number of fused-ring (bicyclic) bond motifs is 8. The van der Waals surface area contributed by atoms with E-state index in [2.05, 4.69) is 79.8 Å². The largest absolute Gasteiger partial charge is 0.436 e. The molecule has 0 saturated carbocycles. The summed E-state index contributed by atoms with van der Waals surface area (Å²) < 4.78 is 11.8. The Morgan fingerprint density at radius 2 is 0.887 bits per heavy atom. The van der Waals surface area contributed by atoms with Gasteiger partial charge in [0.25, 0.3) is 0 Å². The summed E-state index contributed by atoms with van der Waals surface area (Å²) in [5.41, 5.74) is 13.5. The Hall–Kier alpha value is -6.44. The topological polar surface area (TPSA) is 58.5 Å². The first-order chi connectivity index (χ1) is 26.0. The van der Waals surface area contributed by atoms with Crippen molar-refractivity contribution in [2.75, 3.05) is 16.5 Å². The van der Waals surface area contributed by atoms with Crippen molar-refractivity contribution in [2.24, 2.45) is 0 Å². The van der Waals surface area contributed by atoms with E-state index in [1.807, 2.05) is 60.7 Å². The minimum Gasteiger partial charge on any atom is -0.436 e. The summed E-state index contributed by atoms with van der Waals surface area (Å²) in [7, 11) is 0. The summed E-state index contributed by atoms with van der Waals surface area (Å²) in [5.74, 6) is 14.5. The van der Waals surface area contributed by atoms with E-state index in [-0.39, 0.29) is 0 Å². The molecule has 0 unspecified atom stereocenters. The molecule has 8 heteroatoms. The molecule has 0 aliphatic carbocycles. The SMILES string of the molecule is Clc1ccc2oc(-c3ccc(C#Cc4ccc5c(c4)CN4CN5Cc5cc(C#Cc6ccc(-c7nc8cc(Cl)ccc8o7)cc6)ccc54)cc3)nc2c1. The highest BCUT2D eigenvalue weighted by Crippen LogP contribution is 2.38. The molecule has 2 aliphatic rings. The van der Waals surface area contributed by atoms with Crippen molar-refractivity contribution < 1.29 is 8.83 Å². The lowest BCUT2D eigenvalue weighted by Gasteiger charge is -2.44. The third-order valence-electron chi connectivity index (χ3n) is 9.57. The average molecular weight is 726 g/mol. The van der Waals surface area contributed by atoms with Crippen LogP contribution in [0.15, 0.2) is 130 Å². The van der Waals surface area contributed by atoms with Crippen LogP contribution in [-0.2, 0) is 13.1 Å². The smallest absolute Gasteiger partial charge is 0.227 e. The first-order valence-corrected chi connectivity index (χ1v) is 17.9. The molecule has 0 N–H and O–H groups in total. The van der Waals surface area contributed by atoms with E-state index in [9.17, 15) is 0 Å². The number of benzene rings is 6. The highest BCUT2D eigenvalue weighted by molar-refractivity contribution is 6.31. The first kappa shape index (κ1) is 31.3. The lowest BCUT2D eigenvalue weighted by molar-refractivity contribution is 0.619. The zero-order valence-electron chi connectivity index (χ0n) is 28.0. The zero-order valence-corrected chi connectivity index (χ0v) is 29.5. The zero-order chi connectivity index (χ0) is 35.5. The minimum absolute atomic E-state index is 0.560. The average Bonchev–Trinajstić information content (AvgIpc) is 3.80. The maximum absolute atomic E-state index is 6.11. The molecule has 6 aromatic carbocycles. The van der Waals surface area contributed by atoms with Crippen molar-refractivity contribution in [2.45, 2.75) is 13.1 Å². The second-order valence-corrected chi connectivity index (χ2v) is 14.0. The van der Waals surface area contributed by atoms with Gasteiger partial charge in [-0.3, -0.25) is 0 Å². The molecule has 0 fully saturated rings. The van der Waals surface area contributed by atoms with Crippen molar-refractivity contribution in [1.29, 1.82) is 0 Å². The monoisotopic (exact) mass is 724 g/mol. The second-order valence-electron chi connectivity index (χ2n) is 13.1. The molecule has 0 atom stereocenters. The van der Waals surface area contributed by atoms with E-state index >= 15 is 0 Å². The Morgan fingerprint density at radius 3 is 1.34 bits per heavy atom. The summed E-state index contributed by atoms with van der Waals surface area (Å²) in [6.45, 7) is 2.50. The third kappa shape index (κ3) is 6.05. The van der Waals surface area contributed by atoms with E-state index in [0.717, 1.165) is 64.2 Å². The van der Waals surface area contributed by atoms with Gasteiger partial charge in [0.05, 0.1) is 6.67 Å². The fourth-order valence-electron chi connectivity index (χ4n) is 6.97. The van der Waals surface area contributed by atoms with Crippen LogP contribution in [0.1, 0.15) is 33.4 Å². The molecule has 252 valence electrons. The van der Waals surface area contributed by atoms with Crippen LogP contribution in [0.25, 0.3) is 45.1 Å². The van der Waals surface area contributed by atoms with Gasteiger partial charge in [0, 0.05) is 67.9 Å². The van der Waals surface area contributed by atoms with Gasteiger partial charge in [-0.2, -0.15) is 0 Å². The first-order valence-electron chi connectivity index (χ1n) is 17.1. The molecule has 0 radical (unpaired) electrons. The molecule has 8 aromatic rings. The molecule has 4 heterocycles. The number of anilines is 2. The van der Waals surface area contributed by atoms with E-state index in [0.29, 0.717) is 33.0 Å². The lowest BCUT2D eigenvalue weighted by Crippen LogP contribution is -2.46. The van der Waals surface area contributed by atoms with E-state index in [1.54, 1.807) is 24.3 Å². The van der Waals surface area contributed by atoms with Crippen molar-refractivity contribution in [1.82, 2.24) is 9.97 Å². The fourth-order valence-corrected chi connectivity index (χ4v) is 7.30. The molecule has 2 aliphatic heterocycles. The summed E-state index contributed by atoms with van der Waals surface area (Å²) >= 11 is 12.2. The molecule has 53 heavy (non-hydrogen) atoms. The van der Waals surface area contributed by atoms with E-state index < -0.39 is 0 Å². The molecule has 6 nitrogen and oxygen atoms in total. The summed E-state index contributed by atoms with van der Waals surface area (Å²) in [4.78, 5) is 14.0. The standard InChI is InChI=1S/C45H26Cl2N4O2/c46-36-15-19-42-38(23-36)48-44(52-42)32-11-5-28(6-12-32)1-3-30-9-17-40-34(21-30)25-50-27-51(40)26-35-22-31(10-18-41(35)50)4-2-29-7-13-33(14-8-29)45-49-39-24-37(47)16-20-43(39)53-45/h5-24H,25-27H2. The van der Waals surface area contributed by atoms with E-state index in [1.165, 1.54) is 22.5 Å². The van der Waals surface area contributed by atoms with Gasteiger partial charge in [0.1, 0.15) is 11.0 Å². The normalized spacial score (nSPS) is 12.9. The van der Waals surface area contributed by atoms with Gasteiger partial charge in [-0.15, -0.1) is 0 Å². The van der Waals surface area contributed by atoms with Crippen molar-refractivity contribution >= 4 is 56.8 Å². The lowest BCUT2D eigenvalue weighted by atomic mass is 9.98. The molecule has 0 amide bonds. The number of rotatable bonds is 2. The number of hydrogen-bond acceptors (Lipinski definition) is 6. The molecule has 0 saturated heterocycles. The van der Waals surface area contributed by atoms with Crippen LogP contribution in [-0.4, -0.2) is 16.6 Å². The van der Waals surface area contributed by atoms with Crippen LogP contribution in [0.2, 0.25) is 10.0 Å². The van der Waals surface area contributed by atoms with Gasteiger partial charge < -0.3 is 18.6 Å². The fraction of sp³-hybridized carbons (Fsp3) is 0.0667. The van der Waals surface area contributed by atoms with E-state index in [4.69, 9.17) is 32.0 Å². The quantitative estimate of drug-likeness (QED) is 0.165. The molecule has 2 bridgehead atoms. The Labute approximate surface area is 315 Å². The summed E-state index contributed by atoms with van der Waals surface area (Å²) in [6, 6.07) is 39.9. The maximum Gasteiger partial charge on any atom is 0.227 e. The predicted molar refractivity (Wildman–Crippen MR) is 211 cm³/mol. The van der Waals surface area contributed by atoms with Crippen LogP contribution >= 0.6 is 23.2 Å². The van der Waals surface area contributed by atoms with Crippen LogP contribution in [0.4, 0.5) is 11.4 Å². The Bertz CT molecular complexity index is 2670. The van der Waals surface area contributed by atoms with Gasteiger partial charge in [-0.05, 0) is 132 Å². The number of halogens is 2. The van der Waals surface area contributed by atoms with Gasteiger partial charge in [0.15, 0.2) is 11.2 Å². The molecule has 10 rings (SSSR count). The van der Waals surface area contributed by atoms with Crippen LogP contribution in [0.3, 0.4) is 0 Å². The number of nitrogens with zero attached hydrogens (tertiary/aromatic N) is 4. The second kappa shape index (κ2) is 12.7. The summed E-state index contributed by atoms with van der Waals surface area (Å²) in [6.07, 6.45) is 0. The third-order valence-corrected chi connectivity index (χ3v) is 10.0. The molecule has 0 spiro atoms. The van der Waals surface area contributed by atoms with Gasteiger partial charge >= 0.3 is 0 Å². The Kier molecular flexibility index (Phi) is 7.47. The molecular formula is C45H26Cl2N4O2.